The van der Waals surface area contributed by atoms with Crippen LogP contribution in [0.5, 0.6) is 0 Å². The van der Waals surface area contributed by atoms with E-state index in [1.54, 1.807) is 16.2 Å². The molecule has 0 radical (unpaired) electrons. The van der Waals surface area contributed by atoms with Crippen molar-refractivity contribution in [3.05, 3.63) is 52.5 Å². The van der Waals surface area contributed by atoms with Gasteiger partial charge < -0.3 is 9.88 Å². The molecule has 1 N–H and O–H groups in total. The monoisotopic (exact) mass is 449 g/mol. The number of nitrogens with one attached hydrogen (secondary N) is 1. The molecule has 168 valence electrons. The maximum absolute atomic E-state index is 13.9. The number of hydrogen-bond donors (Lipinski definition) is 1. The van der Waals surface area contributed by atoms with Crippen LogP contribution in [0.25, 0.3) is 10.2 Å². The van der Waals surface area contributed by atoms with Gasteiger partial charge in [0.05, 0.1) is 16.8 Å². The second-order valence-electron chi connectivity index (χ2n) is 9.90. The second kappa shape index (κ2) is 7.77. The number of fused-ring (bicyclic) bond motifs is 3. The first kappa shape index (κ1) is 21.3. The number of carbonyl (C=O) groups is 2. The molecule has 5 rings (SSSR count). The highest BCUT2D eigenvalue weighted by Crippen LogP contribution is 2.38. The van der Waals surface area contributed by atoms with Crippen molar-refractivity contribution in [3.63, 3.8) is 0 Å². The molecule has 1 aromatic carbocycles. The van der Waals surface area contributed by atoms with Crippen molar-refractivity contribution >= 4 is 39.1 Å². The molecule has 0 spiro atoms. The Balaban J connectivity index is 1.57. The highest BCUT2D eigenvalue weighted by molar-refractivity contribution is 7.17. The number of benzene rings is 1. The minimum atomic E-state index is -1.01. The van der Waals surface area contributed by atoms with Gasteiger partial charge in [0.25, 0.3) is 5.91 Å². The number of aromatic nitrogens is 1. The smallest absolute Gasteiger partial charge is 0.275 e. The quantitative estimate of drug-likeness (QED) is 0.579. The van der Waals surface area contributed by atoms with Crippen LogP contribution in [0.3, 0.4) is 0 Å². The Kier molecular flexibility index (Phi) is 5.16. The van der Waals surface area contributed by atoms with Gasteiger partial charge in [-0.15, -0.1) is 11.3 Å². The molecule has 0 bridgehead atoms. The summed E-state index contributed by atoms with van der Waals surface area (Å²) < 4.78 is 3.12. The maximum atomic E-state index is 13.9. The van der Waals surface area contributed by atoms with Crippen LogP contribution in [0.1, 0.15) is 61.1 Å². The normalized spacial score (nSPS) is 25.8. The van der Waals surface area contributed by atoms with E-state index in [2.05, 4.69) is 19.2 Å². The van der Waals surface area contributed by atoms with E-state index >= 15 is 0 Å². The predicted molar refractivity (Wildman–Crippen MR) is 131 cm³/mol. The van der Waals surface area contributed by atoms with Crippen molar-refractivity contribution in [2.24, 2.45) is 5.92 Å². The molecular formula is C26H31N3O2S. The third kappa shape index (κ3) is 3.36. The molecule has 3 aromatic rings. The molecule has 2 aromatic heterocycles. The molecule has 1 atom stereocenters. The topological polar surface area (TPSA) is 54.3 Å². The number of hydrogen-bond acceptors (Lipinski definition) is 3. The van der Waals surface area contributed by atoms with Gasteiger partial charge in [-0.3, -0.25) is 14.5 Å². The Morgan fingerprint density at radius 1 is 1.09 bits per heavy atom. The Morgan fingerprint density at radius 3 is 2.56 bits per heavy atom. The van der Waals surface area contributed by atoms with Crippen molar-refractivity contribution in [2.45, 2.75) is 71.5 Å². The fraction of sp³-hybridized carbons (Fsp3) is 0.462. The van der Waals surface area contributed by atoms with E-state index in [-0.39, 0.29) is 17.9 Å². The van der Waals surface area contributed by atoms with E-state index in [0.29, 0.717) is 12.2 Å². The minimum absolute atomic E-state index is 0.0636. The lowest BCUT2D eigenvalue weighted by atomic mass is 9.86. The average molecular weight is 450 g/mol. The number of nitrogens with zero attached hydrogens (tertiary/aromatic N) is 2. The molecule has 0 saturated heterocycles. The molecule has 5 nitrogen and oxygen atoms in total. The van der Waals surface area contributed by atoms with Gasteiger partial charge >= 0.3 is 0 Å². The number of amides is 2. The van der Waals surface area contributed by atoms with Crippen LogP contribution >= 0.6 is 11.3 Å². The molecular weight excluding hydrogens is 418 g/mol. The van der Waals surface area contributed by atoms with Crippen molar-refractivity contribution in [1.29, 1.82) is 0 Å². The SMILES string of the molecule is Cc1ccc(N2C(=O)c3cc4sccc4n3C[C@]2(C)C(=O)NC2CCC(C)CC2)cc1C. The molecule has 1 saturated carbocycles. The lowest BCUT2D eigenvalue weighted by Gasteiger charge is -2.45. The van der Waals surface area contributed by atoms with Crippen molar-refractivity contribution < 1.29 is 9.59 Å². The summed E-state index contributed by atoms with van der Waals surface area (Å²) in [7, 11) is 0. The first-order valence-corrected chi connectivity index (χ1v) is 12.5. The van der Waals surface area contributed by atoms with Gasteiger partial charge in [0.2, 0.25) is 5.91 Å². The zero-order valence-electron chi connectivity index (χ0n) is 19.3. The zero-order valence-corrected chi connectivity index (χ0v) is 20.1. The van der Waals surface area contributed by atoms with Crippen LogP contribution in [0.15, 0.2) is 35.7 Å². The van der Waals surface area contributed by atoms with E-state index in [1.807, 2.05) is 54.1 Å². The number of carbonyl (C=O) groups excluding carboxylic acids is 2. The second-order valence-corrected chi connectivity index (χ2v) is 10.8. The van der Waals surface area contributed by atoms with Crippen molar-refractivity contribution in [1.82, 2.24) is 9.88 Å². The Hall–Kier alpha value is -2.60. The van der Waals surface area contributed by atoms with Gasteiger partial charge in [0.1, 0.15) is 11.2 Å². The lowest BCUT2D eigenvalue weighted by molar-refractivity contribution is -0.127. The molecule has 2 amide bonds. The summed E-state index contributed by atoms with van der Waals surface area (Å²) in [5.74, 6) is 0.542. The van der Waals surface area contributed by atoms with Gasteiger partial charge in [0, 0.05) is 11.7 Å². The van der Waals surface area contributed by atoms with Gasteiger partial charge in [-0.1, -0.05) is 13.0 Å². The van der Waals surface area contributed by atoms with Crippen LogP contribution in [0, 0.1) is 19.8 Å². The van der Waals surface area contributed by atoms with Crippen LogP contribution in [-0.4, -0.2) is 28.0 Å². The summed E-state index contributed by atoms with van der Waals surface area (Å²) in [6.45, 7) is 8.75. The number of thiophene rings is 1. The predicted octanol–water partition coefficient (Wildman–Crippen LogP) is 5.43. The molecule has 6 heteroatoms. The van der Waals surface area contributed by atoms with Crippen molar-refractivity contribution in [3.8, 4) is 0 Å². The van der Waals surface area contributed by atoms with Gasteiger partial charge in [-0.25, -0.2) is 0 Å². The van der Waals surface area contributed by atoms with Gasteiger partial charge in [0.15, 0.2) is 0 Å². The van der Waals surface area contributed by atoms with Gasteiger partial charge in [-0.05, 0) is 93.1 Å². The molecule has 3 heterocycles. The maximum Gasteiger partial charge on any atom is 0.275 e. The Bertz CT molecular complexity index is 1200. The average Bonchev–Trinajstić information content (AvgIpc) is 3.35. The summed E-state index contributed by atoms with van der Waals surface area (Å²) in [6, 6.07) is 10.2. The molecule has 32 heavy (non-hydrogen) atoms. The standard InChI is InChI=1S/C26H31N3O2S/c1-16-5-8-19(9-6-16)27-25(31)26(4)15-28-21-11-12-32-23(21)14-22(28)24(30)29(26)20-10-7-17(2)18(3)13-20/h7,10-14,16,19H,5-6,8-9,15H2,1-4H3,(H,27,31)/t16?,19?,26-/m1/s1. The number of rotatable bonds is 3. The fourth-order valence-corrected chi connectivity index (χ4v) is 6.05. The summed E-state index contributed by atoms with van der Waals surface area (Å²) in [5, 5.41) is 5.36. The Labute approximate surface area is 193 Å². The van der Waals surface area contributed by atoms with E-state index in [0.717, 1.165) is 53.1 Å². The van der Waals surface area contributed by atoms with Crippen molar-refractivity contribution in [2.75, 3.05) is 4.90 Å². The fourth-order valence-electron chi connectivity index (χ4n) is 5.23. The van der Waals surface area contributed by atoms with Crippen LogP contribution < -0.4 is 10.2 Å². The van der Waals surface area contributed by atoms with Crippen LogP contribution in [0.2, 0.25) is 0 Å². The van der Waals surface area contributed by atoms with E-state index in [9.17, 15) is 9.59 Å². The zero-order chi connectivity index (χ0) is 22.6. The van der Waals surface area contributed by atoms with Crippen LogP contribution in [-0.2, 0) is 11.3 Å². The van der Waals surface area contributed by atoms with E-state index in [1.165, 1.54) is 5.56 Å². The summed E-state index contributed by atoms with van der Waals surface area (Å²) >= 11 is 1.63. The molecule has 1 aliphatic heterocycles. The lowest BCUT2D eigenvalue weighted by Crippen LogP contribution is -2.65. The van der Waals surface area contributed by atoms with E-state index in [4.69, 9.17) is 0 Å². The van der Waals surface area contributed by atoms with E-state index < -0.39 is 5.54 Å². The van der Waals surface area contributed by atoms with Gasteiger partial charge in [-0.2, -0.15) is 0 Å². The largest absolute Gasteiger partial charge is 0.351 e. The minimum Gasteiger partial charge on any atom is -0.351 e. The highest BCUT2D eigenvalue weighted by atomic mass is 32.1. The summed E-state index contributed by atoms with van der Waals surface area (Å²) in [6.07, 6.45) is 4.28. The number of anilines is 1. The third-order valence-electron chi connectivity index (χ3n) is 7.49. The molecule has 1 fully saturated rings. The first-order valence-electron chi connectivity index (χ1n) is 11.6. The molecule has 1 aliphatic carbocycles. The molecule has 0 unspecified atom stereocenters. The highest BCUT2D eigenvalue weighted by Gasteiger charge is 2.49. The first-order chi connectivity index (χ1) is 15.3. The molecule has 2 aliphatic rings. The Morgan fingerprint density at radius 2 is 1.84 bits per heavy atom. The summed E-state index contributed by atoms with van der Waals surface area (Å²) in [4.78, 5) is 29.4. The van der Waals surface area contributed by atoms with Crippen LogP contribution in [0.4, 0.5) is 5.69 Å². The third-order valence-corrected chi connectivity index (χ3v) is 8.35. The number of aryl methyl sites for hydroxylation is 2. The summed E-state index contributed by atoms with van der Waals surface area (Å²) in [5.41, 5.74) is 3.74.